The highest BCUT2D eigenvalue weighted by atomic mass is 16.3. The largest absolute Gasteiger partial charge is 0.384 e. The van der Waals surface area contributed by atoms with Gasteiger partial charge in [-0.2, -0.15) is 0 Å². The van der Waals surface area contributed by atoms with Crippen LogP contribution in [-0.4, -0.2) is 16.6 Å². The van der Waals surface area contributed by atoms with Gasteiger partial charge in [0.1, 0.15) is 0 Å². The zero-order chi connectivity index (χ0) is 8.32. The van der Waals surface area contributed by atoms with Crippen LogP contribution in [0.2, 0.25) is 0 Å². The molecule has 0 fully saturated rings. The standard InChI is InChI=1S/C8H12N2O/c1-8(11,6-9)7-2-4-10-5-3-7/h2-5,11H,6,9H2,1H3. The topological polar surface area (TPSA) is 59.1 Å². The summed E-state index contributed by atoms with van der Waals surface area (Å²) >= 11 is 0. The van der Waals surface area contributed by atoms with E-state index in [9.17, 15) is 5.11 Å². The van der Waals surface area contributed by atoms with E-state index in [-0.39, 0.29) is 6.54 Å². The smallest absolute Gasteiger partial charge is 0.0991 e. The molecule has 0 aromatic carbocycles. The first-order chi connectivity index (χ1) is 5.17. The lowest BCUT2D eigenvalue weighted by Gasteiger charge is -2.20. The molecule has 0 bridgehead atoms. The van der Waals surface area contributed by atoms with E-state index in [4.69, 9.17) is 5.73 Å². The van der Waals surface area contributed by atoms with E-state index in [1.54, 1.807) is 31.5 Å². The average molecular weight is 152 g/mol. The Kier molecular flexibility index (Phi) is 2.22. The fourth-order valence-corrected chi connectivity index (χ4v) is 0.829. The molecule has 0 amide bonds. The highest BCUT2D eigenvalue weighted by Gasteiger charge is 2.19. The number of aromatic nitrogens is 1. The van der Waals surface area contributed by atoms with E-state index in [1.807, 2.05) is 0 Å². The van der Waals surface area contributed by atoms with Crippen molar-refractivity contribution in [1.82, 2.24) is 4.98 Å². The van der Waals surface area contributed by atoms with Crippen molar-refractivity contribution in [2.45, 2.75) is 12.5 Å². The summed E-state index contributed by atoms with van der Waals surface area (Å²) in [6.45, 7) is 1.90. The number of rotatable bonds is 2. The van der Waals surface area contributed by atoms with Crippen LogP contribution in [0.5, 0.6) is 0 Å². The molecule has 1 aromatic rings. The monoisotopic (exact) mass is 152 g/mol. The lowest BCUT2D eigenvalue weighted by atomic mass is 9.98. The summed E-state index contributed by atoms with van der Waals surface area (Å²) in [4.78, 5) is 3.84. The molecule has 0 radical (unpaired) electrons. The third-order valence-corrected chi connectivity index (χ3v) is 1.70. The fraction of sp³-hybridized carbons (Fsp3) is 0.375. The van der Waals surface area contributed by atoms with E-state index in [2.05, 4.69) is 4.98 Å². The zero-order valence-electron chi connectivity index (χ0n) is 6.49. The molecule has 1 heterocycles. The minimum Gasteiger partial charge on any atom is -0.384 e. The van der Waals surface area contributed by atoms with Crippen LogP contribution in [0, 0.1) is 0 Å². The maximum atomic E-state index is 9.64. The molecule has 3 N–H and O–H groups in total. The highest BCUT2D eigenvalue weighted by Crippen LogP contribution is 2.16. The summed E-state index contributed by atoms with van der Waals surface area (Å²) in [6.07, 6.45) is 3.28. The lowest BCUT2D eigenvalue weighted by molar-refractivity contribution is 0.0667. The predicted octanol–water partition coefficient (Wildman–Crippen LogP) is 0.248. The highest BCUT2D eigenvalue weighted by molar-refractivity contribution is 5.18. The fourth-order valence-electron chi connectivity index (χ4n) is 0.829. The van der Waals surface area contributed by atoms with Gasteiger partial charge in [0, 0.05) is 18.9 Å². The maximum absolute atomic E-state index is 9.64. The van der Waals surface area contributed by atoms with Crippen LogP contribution in [0.25, 0.3) is 0 Å². The van der Waals surface area contributed by atoms with Crippen molar-refractivity contribution in [1.29, 1.82) is 0 Å². The minimum atomic E-state index is -0.928. The van der Waals surface area contributed by atoms with Gasteiger partial charge in [-0.25, -0.2) is 0 Å². The van der Waals surface area contributed by atoms with Crippen molar-refractivity contribution in [3.8, 4) is 0 Å². The van der Waals surface area contributed by atoms with Crippen molar-refractivity contribution in [2.75, 3.05) is 6.54 Å². The first-order valence-electron chi connectivity index (χ1n) is 3.50. The van der Waals surface area contributed by atoms with Crippen LogP contribution in [-0.2, 0) is 5.60 Å². The molecule has 3 nitrogen and oxygen atoms in total. The Balaban J connectivity index is 2.93. The van der Waals surface area contributed by atoms with Gasteiger partial charge in [0.25, 0.3) is 0 Å². The molecule has 3 heteroatoms. The molecule has 1 atom stereocenters. The van der Waals surface area contributed by atoms with Gasteiger partial charge >= 0.3 is 0 Å². The van der Waals surface area contributed by atoms with Crippen LogP contribution >= 0.6 is 0 Å². The van der Waals surface area contributed by atoms with Crippen LogP contribution < -0.4 is 5.73 Å². The second-order valence-electron chi connectivity index (χ2n) is 2.71. The number of hydrogen-bond donors (Lipinski definition) is 2. The number of hydrogen-bond acceptors (Lipinski definition) is 3. The SMILES string of the molecule is CC(O)(CN)c1ccncc1. The molecule has 0 saturated heterocycles. The minimum absolute atomic E-state index is 0.219. The summed E-state index contributed by atoms with van der Waals surface area (Å²) in [5.41, 5.74) is 5.24. The first-order valence-corrected chi connectivity index (χ1v) is 3.50. The van der Waals surface area contributed by atoms with Crippen molar-refractivity contribution in [3.05, 3.63) is 30.1 Å². The van der Waals surface area contributed by atoms with Crippen LogP contribution in [0.3, 0.4) is 0 Å². The molecule has 0 saturated carbocycles. The summed E-state index contributed by atoms with van der Waals surface area (Å²) < 4.78 is 0. The summed E-state index contributed by atoms with van der Waals surface area (Å²) in [7, 11) is 0. The number of nitrogens with two attached hydrogens (primary N) is 1. The predicted molar refractivity (Wildman–Crippen MR) is 42.9 cm³/mol. The molecular formula is C8H12N2O. The summed E-state index contributed by atoms with van der Waals surface area (Å²) in [5, 5.41) is 9.64. The Hall–Kier alpha value is -0.930. The van der Waals surface area contributed by atoms with E-state index in [0.717, 1.165) is 5.56 Å². The van der Waals surface area contributed by atoms with Crippen LogP contribution in [0.4, 0.5) is 0 Å². The molecule has 11 heavy (non-hydrogen) atoms. The summed E-state index contributed by atoms with van der Waals surface area (Å²) in [5.74, 6) is 0. The molecule has 0 aliphatic carbocycles. The molecular weight excluding hydrogens is 140 g/mol. The van der Waals surface area contributed by atoms with E-state index < -0.39 is 5.60 Å². The van der Waals surface area contributed by atoms with Gasteiger partial charge in [-0.3, -0.25) is 4.98 Å². The molecule has 1 aromatic heterocycles. The maximum Gasteiger partial charge on any atom is 0.0991 e. The second-order valence-corrected chi connectivity index (χ2v) is 2.71. The van der Waals surface area contributed by atoms with Crippen molar-refractivity contribution in [3.63, 3.8) is 0 Å². The Morgan fingerprint density at radius 3 is 2.55 bits per heavy atom. The van der Waals surface area contributed by atoms with E-state index in [0.29, 0.717) is 0 Å². The third-order valence-electron chi connectivity index (χ3n) is 1.70. The Labute approximate surface area is 65.9 Å². The number of nitrogens with zero attached hydrogens (tertiary/aromatic N) is 1. The van der Waals surface area contributed by atoms with Gasteiger partial charge in [0.05, 0.1) is 5.60 Å². The van der Waals surface area contributed by atoms with E-state index in [1.165, 1.54) is 0 Å². The molecule has 0 aliphatic heterocycles. The first kappa shape index (κ1) is 8.17. The van der Waals surface area contributed by atoms with Crippen LogP contribution in [0.1, 0.15) is 12.5 Å². The van der Waals surface area contributed by atoms with E-state index >= 15 is 0 Å². The molecule has 0 aliphatic rings. The molecule has 1 unspecified atom stereocenters. The van der Waals surface area contributed by atoms with Gasteiger partial charge in [0.15, 0.2) is 0 Å². The molecule has 1 rings (SSSR count). The normalized spacial score (nSPS) is 15.9. The van der Waals surface area contributed by atoms with Gasteiger partial charge in [-0.15, -0.1) is 0 Å². The molecule has 60 valence electrons. The van der Waals surface area contributed by atoms with Gasteiger partial charge in [-0.05, 0) is 24.6 Å². The average Bonchev–Trinajstić information content (AvgIpc) is 2.06. The summed E-state index contributed by atoms with van der Waals surface area (Å²) in [6, 6.07) is 3.51. The van der Waals surface area contributed by atoms with Crippen molar-refractivity contribution >= 4 is 0 Å². The van der Waals surface area contributed by atoms with Crippen LogP contribution in [0.15, 0.2) is 24.5 Å². The Bertz CT molecular complexity index is 221. The number of aliphatic hydroxyl groups is 1. The van der Waals surface area contributed by atoms with Gasteiger partial charge < -0.3 is 10.8 Å². The van der Waals surface area contributed by atoms with Crippen molar-refractivity contribution < 1.29 is 5.11 Å². The quantitative estimate of drug-likeness (QED) is 0.638. The lowest BCUT2D eigenvalue weighted by Crippen LogP contribution is -2.31. The second kappa shape index (κ2) is 2.98. The zero-order valence-corrected chi connectivity index (χ0v) is 6.49. The van der Waals surface area contributed by atoms with Gasteiger partial charge in [0.2, 0.25) is 0 Å². The Morgan fingerprint density at radius 2 is 2.09 bits per heavy atom. The van der Waals surface area contributed by atoms with Gasteiger partial charge in [-0.1, -0.05) is 0 Å². The number of pyridine rings is 1. The third kappa shape index (κ3) is 1.76. The Morgan fingerprint density at radius 1 is 1.55 bits per heavy atom. The molecule has 0 spiro atoms. The van der Waals surface area contributed by atoms with Crippen molar-refractivity contribution in [2.24, 2.45) is 5.73 Å².